The molecular formula is C13H20N6O8S2. The minimum Gasteiger partial charge on any atom is -0.480 e. The Morgan fingerprint density at radius 2 is 1.97 bits per heavy atom. The predicted octanol–water partition coefficient (Wildman–Crippen LogP) is -1.94. The smallest absolute Gasteiger partial charge is 0.333 e. The van der Waals surface area contributed by atoms with Gasteiger partial charge in [-0.3, -0.25) is 14.1 Å². The Balaban J connectivity index is 3.22. The van der Waals surface area contributed by atoms with Gasteiger partial charge >= 0.3 is 16.3 Å². The maximum atomic E-state index is 12.6. The Morgan fingerprint density at radius 3 is 2.38 bits per heavy atom. The summed E-state index contributed by atoms with van der Waals surface area (Å²) < 4.78 is 32.3. The molecule has 0 bridgehead atoms. The Labute approximate surface area is 169 Å². The van der Waals surface area contributed by atoms with Crippen molar-refractivity contribution in [3.8, 4) is 0 Å². The average molecular weight is 452 g/mol. The van der Waals surface area contributed by atoms with E-state index in [0.717, 1.165) is 18.3 Å². The molecule has 1 rings (SSSR count). The van der Waals surface area contributed by atoms with E-state index < -0.39 is 51.5 Å². The van der Waals surface area contributed by atoms with Crippen LogP contribution in [0.2, 0.25) is 0 Å². The second-order valence-electron chi connectivity index (χ2n) is 6.15. The zero-order valence-electron chi connectivity index (χ0n) is 15.4. The Kier molecular flexibility index (Phi) is 7.62. The summed E-state index contributed by atoms with van der Waals surface area (Å²) in [6.07, 6.45) is 0. The summed E-state index contributed by atoms with van der Waals surface area (Å²) >= 11 is 0.947. The second kappa shape index (κ2) is 9.12. The number of carbonyl (C=O) groups is 3. The lowest BCUT2D eigenvalue weighted by atomic mass is 10.1. The van der Waals surface area contributed by atoms with E-state index in [1.165, 1.54) is 19.2 Å². The van der Waals surface area contributed by atoms with Crippen LogP contribution in [0.15, 0.2) is 10.5 Å². The van der Waals surface area contributed by atoms with Crippen molar-refractivity contribution in [1.82, 2.24) is 15.0 Å². The highest BCUT2D eigenvalue weighted by Gasteiger charge is 2.33. The third kappa shape index (κ3) is 7.26. The molecule has 1 heterocycles. The normalized spacial score (nSPS) is 14.7. The van der Waals surface area contributed by atoms with E-state index in [9.17, 15) is 27.9 Å². The molecule has 0 aliphatic heterocycles. The molecule has 0 saturated heterocycles. The highest BCUT2D eigenvalue weighted by molar-refractivity contribution is 7.83. The van der Waals surface area contributed by atoms with E-state index in [4.69, 9.17) is 20.9 Å². The van der Waals surface area contributed by atoms with E-state index in [1.807, 2.05) is 5.32 Å². The second-order valence-corrected chi connectivity index (χ2v) is 8.22. The van der Waals surface area contributed by atoms with Crippen LogP contribution in [0.5, 0.6) is 0 Å². The van der Waals surface area contributed by atoms with Gasteiger partial charge < -0.3 is 26.7 Å². The third-order valence-corrected chi connectivity index (χ3v) is 4.67. The number of oxime groups is 1. The first-order valence-electron chi connectivity index (χ1n) is 7.70. The van der Waals surface area contributed by atoms with Gasteiger partial charge in [-0.1, -0.05) is 5.16 Å². The van der Waals surface area contributed by atoms with Gasteiger partial charge in [-0.05, 0) is 20.8 Å². The number of thiazole rings is 1. The minimum absolute atomic E-state index is 0.0610. The van der Waals surface area contributed by atoms with Crippen molar-refractivity contribution >= 4 is 50.3 Å². The lowest BCUT2D eigenvalue weighted by Crippen LogP contribution is -2.55. The van der Waals surface area contributed by atoms with Gasteiger partial charge in [-0.2, -0.15) is 13.1 Å². The average Bonchev–Trinajstić information content (AvgIpc) is 2.96. The van der Waals surface area contributed by atoms with Crippen molar-refractivity contribution in [3.63, 3.8) is 0 Å². The quantitative estimate of drug-likeness (QED) is 0.130. The van der Waals surface area contributed by atoms with E-state index in [2.05, 4.69) is 10.1 Å². The molecule has 29 heavy (non-hydrogen) atoms. The van der Waals surface area contributed by atoms with Crippen LogP contribution in [-0.2, 0) is 29.5 Å². The minimum atomic E-state index is -4.74. The molecule has 0 aliphatic carbocycles. The highest BCUT2D eigenvalue weighted by atomic mass is 32.2. The van der Waals surface area contributed by atoms with Crippen LogP contribution >= 0.6 is 11.3 Å². The zero-order chi connectivity index (χ0) is 22.6. The number of nitrogen functional groups attached to an aromatic ring is 1. The number of anilines is 1. The molecule has 8 N–H and O–H groups in total. The Bertz CT molecular complexity index is 925. The lowest BCUT2D eigenvalue weighted by Gasteiger charge is -2.22. The van der Waals surface area contributed by atoms with E-state index in [1.54, 1.807) is 4.72 Å². The SMILES string of the molecule is C[C@@H](NS(=O)(=O)O)[C@H](NC(=O)/C(=N/OC(C)(C)C(N)=O)c1csc(N)n1)C(=O)O. The van der Waals surface area contributed by atoms with Gasteiger partial charge in [0.15, 0.2) is 10.8 Å². The summed E-state index contributed by atoms with van der Waals surface area (Å²) in [6, 6.07) is -3.26. The first-order valence-corrected chi connectivity index (χ1v) is 10.0. The molecule has 1 aromatic rings. The molecule has 16 heteroatoms. The maximum absolute atomic E-state index is 12.6. The number of hydrogen-bond donors (Lipinski definition) is 6. The standard InChI is InChI=1S/C13H20N6O8S2/c1-5(19-29(24,25)26)7(10(21)22)17-9(20)8(6-4-28-12(15)16-6)18-27-13(2,3)11(14)23/h4-5,7,19H,1-3H3,(H2,14,23)(H2,15,16)(H,17,20)(H,21,22)(H,24,25,26)/b18-8+/t5-,7+/m1/s1. The summed E-state index contributed by atoms with van der Waals surface area (Å²) in [5, 5.41) is 16.3. The van der Waals surface area contributed by atoms with Gasteiger partial charge in [0.2, 0.25) is 5.60 Å². The van der Waals surface area contributed by atoms with Crippen LogP contribution in [-0.4, -0.2) is 64.2 Å². The molecule has 14 nitrogen and oxygen atoms in total. The number of nitrogens with zero attached hydrogens (tertiary/aromatic N) is 2. The van der Waals surface area contributed by atoms with Crippen molar-refractivity contribution in [1.29, 1.82) is 0 Å². The monoisotopic (exact) mass is 452 g/mol. The molecule has 0 aliphatic rings. The highest BCUT2D eigenvalue weighted by Crippen LogP contribution is 2.15. The fraction of sp³-hybridized carbons (Fsp3) is 0.462. The molecule has 0 fully saturated rings. The Morgan fingerprint density at radius 1 is 1.38 bits per heavy atom. The van der Waals surface area contributed by atoms with Crippen LogP contribution < -0.4 is 21.5 Å². The van der Waals surface area contributed by atoms with E-state index in [0.29, 0.717) is 0 Å². The fourth-order valence-electron chi connectivity index (χ4n) is 1.72. The molecule has 0 aromatic carbocycles. The first kappa shape index (κ1) is 24.2. The number of aromatic nitrogens is 1. The molecule has 2 amide bonds. The number of nitrogens with one attached hydrogen (secondary N) is 2. The molecule has 0 unspecified atom stereocenters. The molecule has 1 aromatic heterocycles. The fourth-order valence-corrected chi connectivity index (χ4v) is 2.87. The van der Waals surface area contributed by atoms with Crippen molar-refractivity contribution in [2.24, 2.45) is 10.9 Å². The number of carboxylic acid groups (broad SMARTS) is 1. The molecule has 162 valence electrons. The van der Waals surface area contributed by atoms with Gasteiger partial charge in [0.05, 0.1) is 6.04 Å². The van der Waals surface area contributed by atoms with Crippen molar-refractivity contribution < 1.29 is 37.3 Å². The summed E-state index contributed by atoms with van der Waals surface area (Å²) in [4.78, 5) is 44.2. The Hall–Kier alpha value is -2.82. The largest absolute Gasteiger partial charge is 0.480 e. The number of rotatable bonds is 10. The van der Waals surface area contributed by atoms with Crippen LogP contribution in [0.3, 0.4) is 0 Å². The van der Waals surface area contributed by atoms with Crippen LogP contribution in [0, 0.1) is 0 Å². The van der Waals surface area contributed by atoms with Crippen molar-refractivity contribution in [2.45, 2.75) is 38.5 Å². The molecule has 2 atom stereocenters. The third-order valence-electron chi connectivity index (χ3n) is 3.33. The number of primary amides is 1. The summed E-state index contributed by atoms with van der Waals surface area (Å²) in [6.45, 7) is 3.65. The van der Waals surface area contributed by atoms with E-state index in [-0.39, 0.29) is 10.8 Å². The number of carbonyl (C=O) groups excluding carboxylic acids is 2. The van der Waals surface area contributed by atoms with Gasteiger partial charge in [-0.25, -0.2) is 9.78 Å². The molecule has 0 saturated carbocycles. The summed E-state index contributed by atoms with van der Waals surface area (Å²) in [7, 11) is -4.74. The number of aliphatic carboxylic acids is 1. The van der Waals surface area contributed by atoms with Crippen LogP contribution in [0.25, 0.3) is 0 Å². The summed E-state index contributed by atoms with van der Waals surface area (Å²) in [5.74, 6) is -3.64. The van der Waals surface area contributed by atoms with Gasteiger partial charge in [-0.15, -0.1) is 11.3 Å². The predicted molar refractivity (Wildman–Crippen MR) is 101 cm³/mol. The number of amides is 2. The van der Waals surface area contributed by atoms with Gasteiger partial charge in [0, 0.05) is 5.38 Å². The van der Waals surface area contributed by atoms with Crippen molar-refractivity contribution in [2.75, 3.05) is 5.73 Å². The molecular weight excluding hydrogens is 432 g/mol. The van der Waals surface area contributed by atoms with Crippen LogP contribution in [0.4, 0.5) is 5.13 Å². The number of nitrogens with two attached hydrogens (primary N) is 2. The summed E-state index contributed by atoms with van der Waals surface area (Å²) in [5.41, 5.74) is 8.43. The maximum Gasteiger partial charge on any atom is 0.333 e. The van der Waals surface area contributed by atoms with Gasteiger partial charge in [0.25, 0.3) is 11.8 Å². The number of carboxylic acids is 1. The lowest BCUT2D eigenvalue weighted by molar-refractivity contribution is -0.141. The van der Waals surface area contributed by atoms with Crippen molar-refractivity contribution in [3.05, 3.63) is 11.1 Å². The first-order chi connectivity index (χ1) is 13.1. The van der Waals surface area contributed by atoms with Gasteiger partial charge in [0.1, 0.15) is 11.7 Å². The number of hydrogen-bond acceptors (Lipinski definition) is 10. The molecule has 0 radical (unpaired) electrons. The molecule has 0 spiro atoms. The van der Waals surface area contributed by atoms with Crippen LogP contribution in [0.1, 0.15) is 26.5 Å². The zero-order valence-corrected chi connectivity index (χ0v) is 17.1. The van der Waals surface area contributed by atoms with E-state index >= 15 is 0 Å². The topological polar surface area (TPSA) is 236 Å².